The van der Waals surface area contributed by atoms with Gasteiger partial charge in [-0.2, -0.15) is 0 Å². The Hall–Kier alpha value is -1.39. The van der Waals surface area contributed by atoms with Gasteiger partial charge >= 0.3 is 0 Å². The Morgan fingerprint density at radius 2 is 1.68 bits per heavy atom. The first-order chi connectivity index (χ1) is 11.9. The van der Waals surface area contributed by atoms with Crippen LogP contribution in [0.2, 0.25) is 0 Å². The normalized spacial score (nSPS) is 23.2. The second-order valence-corrected chi connectivity index (χ2v) is 8.49. The van der Waals surface area contributed by atoms with Gasteiger partial charge in [0.25, 0.3) is 5.91 Å². The number of rotatable bonds is 3. The second kappa shape index (κ2) is 7.46. The summed E-state index contributed by atoms with van der Waals surface area (Å²) in [7, 11) is 0. The molecule has 4 heteroatoms. The smallest absolute Gasteiger partial charge is 0.253 e. The molecule has 1 aromatic carbocycles. The van der Waals surface area contributed by atoms with Gasteiger partial charge in [-0.15, -0.1) is 0 Å². The second-order valence-electron chi connectivity index (χ2n) is 8.49. The molecule has 0 spiro atoms. The van der Waals surface area contributed by atoms with E-state index in [1.54, 1.807) is 0 Å². The summed E-state index contributed by atoms with van der Waals surface area (Å²) in [6, 6.07) is 8.74. The third-order valence-corrected chi connectivity index (χ3v) is 5.82. The molecule has 4 nitrogen and oxygen atoms in total. The van der Waals surface area contributed by atoms with Gasteiger partial charge in [0.15, 0.2) is 0 Å². The van der Waals surface area contributed by atoms with E-state index in [0.29, 0.717) is 6.04 Å². The molecular weight excluding hydrogens is 310 g/mol. The number of likely N-dealkylation sites (tertiary alicyclic amines) is 1. The van der Waals surface area contributed by atoms with Gasteiger partial charge < -0.3 is 9.80 Å². The molecule has 0 aromatic heterocycles. The van der Waals surface area contributed by atoms with Crippen molar-refractivity contribution < 1.29 is 4.79 Å². The highest BCUT2D eigenvalue weighted by Crippen LogP contribution is 2.24. The number of hydrogen-bond donors (Lipinski definition) is 0. The van der Waals surface area contributed by atoms with Crippen molar-refractivity contribution in [2.24, 2.45) is 0 Å². The minimum Gasteiger partial charge on any atom is -0.337 e. The first kappa shape index (κ1) is 18.4. The zero-order chi connectivity index (χ0) is 18.0. The van der Waals surface area contributed by atoms with Gasteiger partial charge in [-0.1, -0.05) is 39.8 Å². The number of amides is 1. The zero-order valence-electron chi connectivity index (χ0n) is 16.3. The molecule has 3 rings (SSSR count). The van der Waals surface area contributed by atoms with Gasteiger partial charge in [-0.3, -0.25) is 9.69 Å². The summed E-state index contributed by atoms with van der Waals surface area (Å²) in [6.45, 7) is 16.4. The molecule has 25 heavy (non-hydrogen) atoms. The molecule has 1 aromatic rings. The Bertz CT molecular complexity index is 582. The average Bonchev–Trinajstić information content (AvgIpc) is 3.10. The first-order valence-electron chi connectivity index (χ1n) is 9.74. The maximum atomic E-state index is 12.8. The van der Waals surface area contributed by atoms with E-state index in [-0.39, 0.29) is 11.3 Å². The Balaban J connectivity index is 1.57. The summed E-state index contributed by atoms with van der Waals surface area (Å²) in [4.78, 5) is 20.0. The molecule has 1 atom stereocenters. The van der Waals surface area contributed by atoms with Crippen molar-refractivity contribution in [3.63, 3.8) is 0 Å². The van der Waals surface area contributed by atoms with Crippen molar-refractivity contribution in [1.82, 2.24) is 14.7 Å². The van der Waals surface area contributed by atoms with Crippen LogP contribution in [-0.2, 0) is 5.41 Å². The van der Waals surface area contributed by atoms with Crippen LogP contribution in [0.1, 0.15) is 50.0 Å². The number of hydrogen-bond acceptors (Lipinski definition) is 3. The number of nitrogens with zero attached hydrogens (tertiary/aromatic N) is 3. The van der Waals surface area contributed by atoms with Crippen LogP contribution in [0.4, 0.5) is 0 Å². The van der Waals surface area contributed by atoms with E-state index in [9.17, 15) is 4.79 Å². The average molecular weight is 344 g/mol. The molecule has 2 aliphatic rings. The van der Waals surface area contributed by atoms with E-state index < -0.39 is 0 Å². The van der Waals surface area contributed by atoms with Gasteiger partial charge in [0.2, 0.25) is 0 Å². The molecule has 0 aliphatic carbocycles. The maximum Gasteiger partial charge on any atom is 0.253 e. The monoisotopic (exact) mass is 343 g/mol. The van der Waals surface area contributed by atoms with Crippen molar-refractivity contribution in [2.75, 3.05) is 45.8 Å². The fraction of sp³-hybridized carbons (Fsp3) is 0.667. The van der Waals surface area contributed by atoms with Crippen molar-refractivity contribution in [2.45, 2.75) is 45.6 Å². The molecule has 1 amide bonds. The van der Waals surface area contributed by atoms with E-state index >= 15 is 0 Å². The molecule has 138 valence electrons. The van der Waals surface area contributed by atoms with Crippen LogP contribution in [0.3, 0.4) is 0 Å². The quantitative estimate of drug-likeness (QED) is 0.844. The maximum absolute atomic E-state index is 12.8. The lowest BCUT2D eigenvalue weighted by Crippen LogP contribution is -2.51. The lowest BCUT2D eigenvalue weighted by molar-refractivity contribution is 0.0745. The number of carbonyl (C=O) groups is 1. The summed E-state index contributed by atoms with van der Waals surface area (Å²) in [6.07, 6.45) is 1.11. The van der Waals surface area contributed by atoms with Crippen LogP contribution < -0.4 is 0 Å². The molecule has 0 N–H and O–H groups in total. The van der Waals surface area contributed by atoms with Crippen LogP contribution in [0.5, 0.6) is 0 Å². The van der Waals surface area contributed by atoms with Crippen LogP contribution in [0, 0.1) is 0 Å². The number of likely N-dealkylation sites (N-methyl/N-ethyl adjacent to an activating group) is 1. The van der Waals surface area contributed by atoms with E-state index in [1.807, 2.05) is 17.0 Å². The molecule has 0 radical (unpaired) electrons. The van der Waals surface area contributed by atoms with Gasteiger partial charge in [-0.05, 0) is 36.1 Å². The topological polar surface area (TPSA) is 26.8 Å². The van der Waals surface area contributed by atoms with Crippen molar-refractivity contribution in [1.29, 1.82) is 0 Å². The Kier molecular flexibility index (Phi) is 5.49. The minimum absolute atomic E-state index is 0.126. The highest BCUT2D eigenvalue weighted by molar-refractivity contribution is 5.94. The SMILES string of the molecule is CCN1CCN([C@H]2CCN(C(=O)c3ccc(C(C)(C)C)cc3)C2)CC1. The fourth-order valence-electron chi connectivity index (χ4n) is 3.96. The van der Waals surface area contributed by atoms with Gasteiger partial charge in [0, 0.05) is 50.9 Å². The number of carbonyl (C=O) groups excluding carboxylic acids is 1. The standard InChI is InChI=1S/C21H33N3O/c1-5-22-12-14-23(15-13-22)19-10-11-24(16-19)20(25)17-6-8-18(9-7-17)21(2,3)4/h6-9,19H,5,10-16H2,1-4H3/t19-/m0/s1. The molecule has 0 bridgehead atoms. The molecule has 0 saturated carbocycles. The van der Waals surface area contributed by atoms with E-state index in [2.05, 4.69) is 49.6 Å². The zero-order valence-corrected chi connectivity index (χ0v) is 16.3. The molecule has 2 fully saturated rings. The Morgan fingerprint density at radius 1 is 1.04 bits per heavy atom. The van der Waals surface area contributed by atoms with Crippen molar-refractivity contribution in [3.05, 3.63) is 35.4 Å². The van der Waals surface area contributed by atoms with E-state index in [0.717, 1.165) is 57.8 Å². The Morgan fingerprint density at radius 3 is 2.24 bits per heavy atom. The summed E-state index contributed by atoms with van der Waals surface area (Å²) in [5.74, 6) is 0.190. The van der Waals surface area contributed by atoms with Crippen molar-refractivity contribution in [3.8, 4) is 0 Å². The van der Waals surface area contributed by atoms with Gasteiger partial charge in [0.1, 0.15) is 0 Å². The highest BCUT2D eigenvalue weighted by Gasteiger charge is 2.32. The van der Waals surface area contributed by atoms with Crippen molar-refractivity contribution >= 4 is 5.91 Å². The Labute approximate surface area is 152 Å². The predicted octanol–water partition coefficient (Wildman–Crippen LogP) is 2.84. The molecule has 2 aliphatic heterocycles. The van der Waals surface area contributed by atoms with Crippen LogP contribution in [0.15, 0.2) is 24.3 Å². The summed E-state index contributed by atoms with van der Waals surface area (Å²) in [5, 5.41) is 0. The summed E-state index contributed by atoms with van der Waals surface area (Å²) < 4.78 is 0. The number of piperazine rings is 1. The lowest BCUT2D eigenvalue weighted by atomic mass is 9.86. The molecular formula is C21H33N3O. The third-order valence-electron chi connectivity index (χ3n) is 5.82. The summed E-state index contributed by atoms with van der Waals surface area (Å²) >= 11 is 0. The predicted molar refractivity (Wildman–Crippen MR) is 103 cm³/mol. The van der Waals surface area contributed by atoms with Crippen LogP contribution in [0.25, 0.3) is 0 Å². The number of benzene rings is 1. The van der Waals surface area contributed by atoms with E-state index in [4.69, 9.17) is 0 Å². The van der Waals surface area contributed by atoms with E-state index in [1.165, 1.54) is 5.56 Å². The first-order valence-corrected chi connectivity index (χ1v) is 9.74. The summed E-state index contributed by atoms with van der Waals surface area (Å²) in [5.41, 5.74) is 2.22. The molecule has 2 heterocycles. The van der Waals surface area contributed by atoms with Gasteiger partial charge in [0.05, 0.1) is 0 Å². The molecule has 0 unspecified atom stereocenters. The van der Waals surface area contributed by atoms with Crippen LogP contribution >= 0.6 is 0 Å². The molecule has 2 saturated heterocycles. The minimum atomic E-state index is 0.126. The largest absolute Gasteiger partial charge is 0.337 e. The fourth-order valence-corrected chi connectivity index (χ4v) is 3.96. The highest BCUT2D eigenvalue weighted by atomic mass is 16.2. The van der Waals surface area contributed by atoms with Crippen LogP contribution in [-0.4, -0.2) is 72.5 Å². The lowest BCUT2D eigenvalue weighted by Gasteiger charge is -2.37. The third kappa shape index (κ3) is 4.24. The van der Waals surface area contributed by atoms with Gasteiger partial charge in [-0.25, -0.2) is 0 Å².